The second-order valence-corrected chi connectivity index (χ2v) is 8.18. The number of nitrogens with zero attached hydrogens (tertiary/aromatic N) is 3. The number of nitrogens with one attached hydrogen (secondary N) is 2. The van der Waals surface area contributed by atoms with Gasteiger partial charge in [0.15, 0.2) is 16.6 Å². The van der Waals surface area contributed by atoms with Crippen molar-refractivity contribution in [3.63, 3.8) is 0 Å². The molecule has 0 saturated heterocycles. The van der Waals surface area contributed by atoms with Crippen LogP contribution in [0.15, 0.2) is 12.1 Å². The van der Waals surface area contributed by atoms with Gasteiger partial charge in [-0.2, -0.15) is 0 Å². The molecular formula is C19H23N5O6S. The summed E-state index contributed by atoms with van der Waals surface area (Å²) < 4.78 is 10.3. The first-order valence-electron chi connectivity index (χ1n) is 9.49. The second-order valence-electron chi connectivity index (χ2n) is 7.10. The van der Waals surface area contributed by atoms with Crippen molar-refractivity contribution < 1.29 is 24.0 Å². The molecule has 0 saturated carbocycles. The van der Waals surface area contributed by atoms with Crippen LogP contribution in [0.1, 0.15) is 34.8 Å². The Morgan fingerprint density at radius 3 is 2.55 bits per heavy atom. The number of anilines is 1. The number of nitro groups is 1. The average Bonchev–Trinajstić information content (AvgIpc) is 3.12. The van der Waals surface area contributed by atoms with Crippen LogP contribution in [0.25, 0.3) is 0 Å². The van der Waals surface area contributed by atoms with E-state index in [4.69, 9.17) is 9.47 Å². The summed E-state index contributed by atoms with van der Waals surface area (Å²) >= 11 is 1.28. The molecule has 166 valence electrons. The molecule has 0 fully saturated rings. The van der Waals surface area contributed by atoms with E-state index in [-0.39, 0.29) is 41.4 Å². The van der Waals surface area contributed by atoms with E-state index in [1.807, 2.05) is 13.8 Å². The Balaban J connectivity index is 1.83. The van der Waals surface area contributed by atoms with Gasteiger partial charge in [-0.1, -0.05) is 11.3 Å². The molecule has 0 unspecified atom stereocenters. The molecule has 0 aliphatic carbocycles. The highest BCUT2D eigenvalue weighted by atomic mass is 32.1. The van der Waals surface area contributed by atoms with Crippen LogP contribution in [0.5, 0.6) is 11.5 Å². The first-order valence-corrected chi connectivity index (χ1v) is 10.3. The zero-order chi connectivity index (χ0) is 22.7. The van der Waals surface area contributed by atoms with E-state index >= 15 is 0 Å². The number of carbonyl (C=O) groups excluding carboxylic acids is 2. The molecule has 12 heteroatoms. The van der Waals surface area contributed by atoms with Crippen LogP contribution in [0.4, 0.5) is 15.6 Å². The van der Waals surface area contributed by atoms with Gasteiger partial charge >= 0.3 is 6.03 Å². The molecule has 2 heterocycles. The Bertz CT molecular complexity index is 1020. The van der Waals surface area contributed by atoms with Crippen LogP contribution in [0.3, 0.4) is 0 Å². The number of urea groups is 1. The van der Waals surface area contributed by atoms with Gasteiger partial charge in [0.25, 0.3) is 11.6 Å². The number of nitro benzene ring substituents is 1. The standard InChI is InChI=1S/C19H23N5O6S/c1-10(2)20-18(26)22-19-21-12-5-6-23(9-16(12)31-19)17(25)11-7-14(29-3)15(30-4)8-13(11)24(27)28/h7-8,10H,5-6,9H2,1-4H3,(H2,20,21,22,26). The minimum absolute atomic E-state index is 0.0139. The molecule has 11 nitrogen and oxygen atoms in total. The summed E-state index contributed by atoms with van der Waals surface area (Å²) in [6.07, 6.45) is 0.478. The van der Waals surface area contributed by atoms with Crippen molar-refractivity contribution in [3.8, 4) is 11.5 Å². The lowest BCUT2D eigenvalue weighted by Gasteiger charge is -2.26. The van der Waals surface area contributed by atoms with Gasteiger partial charge in [-0.15, -0.1) is 0 Å². The van der Waals surface area contributed by atoms with Crippen LogP contribution in [-0.2, 0) is 13.0 Å². The highest BCUT2D eigenvalue weighted by Gasteiger charge is 2.31. The molecule has 1 aliphatic heterocycles. The Hall–Kier alpha value is -3.41. The molecule has 0 atom stereocenters. The highest BCUT2D eigenvalue weighted by molar-refractivity contribution is 7.15. The molecule has 1 aromatic heterocycles. The lowest BCUT2D eigenvalue weighted by atomic mass is 10.1. The normalized spacial score (nSPS) is 12.9. The van der Waals surface area contributed by atoms with Crippen molar-refractivity contribution in [1.29, 1.82) is 0 Å². The number of thiazole rings is 1. The number of methoxy groups -OCH3 is 2. The molecule has 31 heavy (non-hydrogen) atoms. The number of ether oxygens (including phenoxy) is 2. The van der Waals surface area contributed by atoms with Crippen molar-refractivity contribution in [3.05, 3.63) is 38.4 Å². The third-order valence-corrected chi connectivity index (χ3v) is 5.59. The number of hydrogen-bond donors (Lipinski definition) is 2. The smallest absolute Gasteiger partial charge is 0.321 e. The van der Waals surface area contributed by atoms with Gasteiger partial charge < -0.3 is 19.7 Å². The summed E-state index contributed by atoms with van der Waals surface area (Å²) in [7, 11) is 2.76. The topological polar surface area (TPSA) is 136 Å². The number of aromatic nitrogens is 1. The predicted molar refractivity (Wildman–Crippen MR) is 114 cm³/mol. The summed E-state index contributed by atoms with van der Waals surface area (Å²) in [6.45, 7) is 4.29. The fourth-order valence-corrected chi connectivity index (χ4v) is 4.20. The Kier molecular flexibility index (Phi) is 6.59. The van der Waals surface area contributed by atoms with Gasteiger partial charge in [-0.05, 0) is 13.8 Å². The third kappa shape index (κ3) is 4.85. The molecule has 0 spiro atoms. The maximum absolute atomic E-state index is 13.1. The number of fused-ring (bicyclic) bond motifs is 1. The fraction of sp³-hybridized carbons (Fsp3) is 0.421. The molecule has 1 aromatic carbocycles. The van der Waals surface area contributed by atoms with E-state index in [1.165, 1.54) is 42.6 Å². The summed E-state index contributed by atoms with van der Waals surface area (Å²) in [5.74, 6) is -0.0853. The van der Waals surface area contributed by atoms with Crippen LogP contribution < -0.4 is 20.1 Å². The zero-order valence-electron chi connectivity index (χ0n) is 17.6. The van der Waals surface area contributed by atoms with Crippen molar-refractivity contribution in [2.75, 3.05) is 26.1 Å². The van der Waals surface area contributed by atoms with Gasteiger partial charge in [0.1, 0.15) is 5.56 Å². The van der Waals surface area contributed by atoms with Gasteiger partial charge in [-0.25, -0.2) is 9.78 Å². The number of hydrogen-bond acceptors (Lipinski definition) is 8. The predicted octanol–water partition coefficient (Wildman–Crippen LogP) is 2.80. The average molecular weight is 449 g/mol. The van der Waals surface area contributed by atoms with Crippen molar-refractivity contribution >= 4 is 34.1 Å². The minimum atomic E-state index is -0.618. The highest BCUT2D eigenvalue weighted by Crippen LogP contribution is 2.36. The van der Waals surface area contributed by atoms with Crippen molar-refractivity contribution in [2.24, 2.45) is 0 Å². The van der Waals surface area contributed by atoms with Crippen LogP contribution in [0, 0.1) is 10.1 Å². The summed E-state index contributed by atoms with van der Waals surface area (Å²) in [5, 5.41) is 17.4. The largest absolute Gasteiger partial charge is 0.493 e. The summed E-state index contributed by atoms with van der Waals surface area (Å²) in [6, 6.07) is 2.14. The molecule has 3 rings (SSSR count). The SMILES string of the molecule is COc1cc(C(=O)N2CCc3nc(NC(=O)NC(C)C)sc3C2)c([N+](=O)[O-])cc1OC. The van der Waals surface area contributed by atoms with Crippen LogP contribution in [-0.4, -0.2) is 53.6 Å². The summed E-state index contributed by atoms with van der Waals surface area (Å²) in [5.41, 5.74) is 0.367. The molecule has 1 aliphatic rings. The Labute approximate surface area is 182 Å². The fourth-order valence-electron chi connectivity index (χ4n) is 3.18. The number of rotatable bonds is 6. The molecule has 0 radical (unpaired) electrons. The summed E-state index contributed by atoms with van der Waals surface area (Å²) in [4.78, 5) is 42.7. The first-order chi connectivity index (χ1) is 14.7. The minimum Gasteiger partial charge on any atom is -0.493 e. The van der Waals surface area contributed by atoms with Gasteiger partial charge in [0.2, 0.25) is 0 Å². The van der Waals surface area contributed by atoms with E-state index < -0.39 is 10.8 Å². The van der Waals surface area contributed by atoms with Gasteiger partial charge in [0, 0.05) is 30.0 Å². The van der Waals surface area contributed by atoms with Crippen LogP contribution >= 0.6 is 11.3 Å². The molecule has 2 N–H and O–H groups in total. The van der Waals surface area contributed by atoms with E-state index in [9.17, 15) is 19.7 Å². The monoisotopic (exact) mass is 449 g/mol. The van der Waals surface area contributed by atoms with Crippen molar-refractivity contribution in [2.45, 2.75) is 32.9 Å². The van der Waals surface area contributed by atoms with Gasteiger partial charge in [0.05, 0.1) is 37.4 Å². The quantitative estimate of drug-likeness (QED) is 0.511. The molecule has 3 amide bonds. The van der Waals surface area contributed by atoms with E-state index in [1.54, 1.807) is 0 Å². The first kappa shape index (κ1) is 22.3. The van der Waals surface area contributed by atoms with Crippen molar-refractivity contribution in [1.82, 2.24) is 15.2 Å². The Morgan fingerprint density at radius 1 is 1.26 bits per heavy atom. The van der Waals surface area contributed by atoms with Crippen LogP contribution in [0.2, 0.25) is 0 Å². The zero-order valence-corrected chi connectivity index (χ0v) is 18.4. The maximum atomic E-state index is 13.1. The lowest BCUT2D eigenvalue weighted by molar-refractivity contribution is -0.385. The van der Waals surface area contributed by atoms with Gasteiger partial charge in [-0.3, -0.25) is 20.2 Å². The molecular weight excluding hydrogens is 426 g/mol. The number of amides is 3. The lowest BCUT2D eigenvalue weighted by Crippen LogP contribution is -2.35. The number of carbonyl (C=O) groups is 2. The maximum Gasteiger partial charge on any atom is 0.321 e. The van der Waals surface area contributed by atoms with E-state index in [0.29, 0.717) is 18.1 Å². The second kappa shape index (κ2) is 9.16. The third-order valence-electron chi connectivity index (χ3n) is 4.59. The van der Waals surface area contributed by atoms with E-state index in [0.717, 1.165) is 10.6 Å². The molecule has 2 aromatic rings. The number of benzene rings is 1. The Morgan fingerprint density at radius 2 is 1.94 bits per heavy atom. The van der Waals surface area contributed by atoms with E-state index in [2.05, 4.69) is 15.6 Å². The molecule has 0 bridgehead atoms.